The molecule has 1 amide bonds. The fraction of sp³-hybridized carbons (Fsp3) is 0.111. The molecule has 0 unspecified atom stereocenters. The fourth-order valence-electron chi connectivity index (χ4n) is 2.91. The van der Waals surface area contributed by atoms with Crippen molar-refractivity contribution >= 4 is 33.5 Å². The lowest BCUT2D eigenvalue weighted by atomic mass is 10.1. The third-order valence-electron chi connectivity index (χ3n) is 4.03. The van der Waals surface area contributed by atoms with Crippen LogP contribution >= 0.6 is 0 Å². The van der Waals surface area contributed by atoms with Crippen LogP contribution in [0.2, 0.25) is 0 Å². The molecule has 5 heteroatoms. The first-order valence-corrected chi connectivity index (χ1v) is 7.43. The van der Waals surface area contributed by atoms with Crippen molar-refractivity contribution < 1.29 is 4.79 Å². The van der Waals surface area contributed by atoms with Crippen LogP contribution in [0.5, 0.6) is 0 Å². The molecule has 0 saturated heterocycles. The van der Waals surface area contributed by atoms with Gasteiger partial charge in [0.2, 0.25) is 0 Å². The summed E-state index contributed by atoms with van der Waals surface area (Å²) in [7, 11) is 1.97. The molecule has 2 heterocycles. The van der Waals surface area contributed by atoms with Crippen LogP contribution < -0.4 is 5.32 Å². The Morgan fingerprint density at radius 1 is 1.22 bits per heavy atom. The topological polar surface area (TPSA) is 62.7 Å². The molecule has 4 rings (SSSR count). The standard InChI is InChI=1S/C18H16N4O/c1-11-19-15-7-6-12(10-16(15)20-11)21-18(23)14-4-3-5-17-13(14)8-9-22(17)2/h3-10H,1-2H3,(H,19,20)(H,21,23). The zero-order chi connectivity index (χ0) is 16.0. The first-order chi connectivity index (χ1) is 11.1. The monoisotopic (exact) mass is 304 g/mol. The van der Waals surface area contributed by atoms with E-state index in [2.05, 4.69) is 15.3 Å². The normalized spacial score (nSPS) is 11.2. The highest BCUT2D eigenvalue weighted by atomic mass is 16.1. The van der Waals surface area contributed by atoms with Gasteiger partial charge in [0, 0.05) is 35.4 Å². The lowest BCUT2D eigenvalue weighted by molar-refractivity contribution is 0.102. The van der Waals surface area contributed by atoms with Crippen LogP contribution in [0.1, 0.15) is 16.2 Å². The van der Waals surface area contributed by atoms with Gasteiger partial charge < -0.3 is 14.9 Å². The number of imidazole rings is 1. The molecule has 0 spiro atoms. The Labute approximate surface area is 133 Å². The summed E-state index contributed by atoms with van der Waals surface area (Å²) in [6.07, 6.45) is 1.96. The van der Waals surface area contributed by atoms with E-state index in [-0.39, 0.29) is 5.91 Å². The van der Waals surface area contributed by atoms with Crippen molar-refractivity contribution in [1.82, 2.24) is 14.5 Å². The maximum Gasteiger partial charge on any atom is 0.256 e. The Morgan fingerprint density at radius 3 is 2.96 bits per heavy atom. The average molecular weight is 304 g/mol. The molecule has 4 aromatic rings. The summed E-state index contributed by atoms with van der Waals surface area (Å²) < 4.78 is 2.01. The number of carbonyl (C=O) groups excluding carboxylic acids is 1. The molecule has 0 fully saturated rings. The van der Waals surface area contributed by atoms with Gasteiger partial charge in [0.15, 0.2) is 0 Å². The van der Waals surface area contributed by atoms with Gasteiger partial charge in [-0.05, 0) is 43.3 Å². The molecule has 0 radical (unpaired) electrons. The number of nitrogens with one attached hydrogen (secondary N) is 2. The molecule has 0 aliphatic heterocycles. The second-order valence-electron chi connectivity index (χ2n) is 5.67. The van der Waals surface area contributed by atoms with E-state index in [0.717, 1.165) is 33.4 Å². The third kappa shape index (κ3) is 2.26. The zero-order valence-electron chi connectivity index (χ0n) is 12.9. The minimum absolute atomic E-state index is 0.114. The van der Waals surface area contributed by atoms with E-state index < -0.39 is 0 Å². The van der Waals surface area contributed by atoms with Crippen molar-refractivity contribution in [3.63, 3.8) is 0 Å². The molecule has 0 atom stereocenters. The second-order valence-corrected chi connectivity index (χ2v) is 5.67. The first-order valence-electron chi connectivity index (χ1n) is 7.43. The van der Waals surface area contributed by atoms with E-state index in [1.807, 2.05) is 67.2 Å². The van der Waals surface area contributed by atoms with E-state index in [0.29, 0.717) is 5.56 Å². The number of rotatable bonds is 2. The van der Waals surface area contributed by atoms with Crippen molar-refractivity contribution in [1.29, 1.82) is 0 Å². The number of aryl methyl sites for hydroxylation is 2. The Morgan fingerprint density at radius 2 is 2.09 bits per heavy atom. The Balaban J connectivity index is 1.70. The quantitative estimate of drug-likeness (QED) is 0.594. The minimum Gasteiger partial charge on any atom is -0.351 e. The second kappa shape index (κ2) is 4.98. The number of carbonyl (C=O) groups is 1. The van der Waals surface area contributed by atoms with Crippen LogP contribution in [0, 0.1) is 6.92 Å². The molecule has 2 N–H and O–H groups in total. The number of aromatic nitrogens is 3. The molecule has 2 aromatic carbocycles. The van der Waals surface area contributed by atoms with Crippen LogP contribution in [-0.4, -0.2) is 20.4 Å². The van der Waals surface area contributed by atoms with E-state index >= 15 is 0 Å². The van der Waals surface area contributed by atoms with Crippen molar-refractivity contribution in [3.8, 4) is 0 Å². The number of aromatic amines is 1. The summed E-state index contributed by atoms with van der Waals surface area (Å²) in [5.41, 5.74) is 4.27. The summed E-state index contributed by atoms with van der Waals surface area (Å²) in [6, 6.07) is 13.4. The molecule has 0 aliphatic carbocycles. The van der Waals surface area contributed by atoms with Gasteiger partial charge in [-0.15, -0.1) is 0 Å². The van der Waals surface area contributed by atoms with Gasteiger partial charge in [0.25, 0.3) is 5.91 Å². The highest BCUT2D eigenvalue weighted by Crippen LogP contribution is 2.22. The number of nitrogens with zero attached hydrogens (tertiary/aromatic N) is 2. The number of anilines is 1. The minimum atomic E-state index is -0.114. The van der Waals surface area contributed by atoms with Gasteiger partial charge in [-0.3, -0.25) is 4.79 Å². The summed E-state index contributed by atoms with van der Waals surface area (Å²) in [5, 5.41) is 3.92. The molecule has 0 aliphatic rings. The number of benzene rings is 2. The van der Waals surface area contributed by atoms with Crippen LogP contribution in [0.4, 0.5) is 5.69 Å². The Hall–Kier alpha value is -3.08. The summed E-state index contributed by atoms with van der Waals surface area (Å²) in [4.78, 5) is 20.2. The van der Waals surface area contributed by atoms with Gasteiger partial charge in [-0.1, -0.05) is 6.07 Å². The largest absolute Gasteiger partial charge is 0.351 e. The van der Waals surface area contributed by atoms with Crippen LogP contribution in [-0.2, 0) is 7.05 Å². The number of hydrogen-bond acceptors (Lipinski definition) is 2. The smallest absolute Gasteiger partial charge is 0.256 e. The lowest BCUT2D eigenvalue weighted by Crippen LogP contribution is -2.12. The molecule has 0 bridgehead atoms. The van der Waals surface area contributed by atoms with E-state index in [4.69, 9.17) is 0 Å². The van der Waals surface area contributed by atoms with E-state index in [9.17, 15) is 4.79 Å². The Bertz CT molecular complexity index is 1040. The van der Waals surface area contributed by atoms with Crippen molar-refractivity contribution in [2.75, 3.05) is 5.32 Å². The van der Waals surface area contributed by atoms with E-state index in [1.165, 1.54) is 0 Å². The van der Waals surface area contributed by atoms with Crippen LogP contribution in [0.25, 0.3) is 21.9 Å². The average Bonchev–Trinajstić information content (AvgIpc) is 3.09. The van der Waals surface area contributed by atoms with Crippen molar-refractivity contribution in [3.05, 3.63) is 60.0 Å². The van der Waals surface area contributed by atoms with Crippen molar-refractivity contribution in [2.24, 2.45) is 7.05 Å². The molecule has 0 saturated carbocycles. The highest BCUT2D eigenvalue weighted by molar-refractivity contribution is 6.12. The number of H-pyrrole nitrogens is 1. The molecular formula is C18H16N4O. The van der Waals surface area contributed by atoms with Gasteiger partial charge >= 0.3 is 0 Å². The SMILES string of the molecule is Cc1nc2ccc(NC(=O)c3cccc4c3ccn4C)cc2[nH]1. The predicted molar refractivity (Wildman–Crippen MR) is 91.7 cm³/mol. The molecule has 23 heavy (non-hydrogen) atoms. The highest BCUT2D eigenvalue weighted by Gasteiger charge is 2.12. The first kappa shape index (κ1) is 13.6. The van der Waals surface area contributed by atoms with Gasteiger partial charge in [0.1, 0.15) is 5.82 Å². The number of hydrogen-bond donors (Lipinski definition) is 2. The fourth-order valence-corrected chi connectivity index (χ4v) is 2.91. The lowest BCUT2D eigenvalue weighted by Gasteiger charge is -2.07. The van der Waals surface area contributed by atoms with Crippen LogP contribution in [0.15, 0.2) is 48.7 Å². The number of fused-ring (bicyclic) bond motifs is 2. The summed E-state index contributed by atoms with van der Waals surface area (Å²) >= 11 is 0. The summed E-state index contributed by atoms with van der Waals surface area (Å²) in [6.45, 7) is 1.91. The number of amides is 1. The Kier molecular flexibility index (Phi) is 2.94. The molecule has 114 valence electrons. The van der Waals surface area contributed by atoms with Crippen molar-refractivity contribution in [2.45, 2.75) is 6.92 Å². The zero-order valence-corrected chi connectivity index (χ0v) is 12.9. The maximum atomic E-state index is 12.6. The van der Waals surface area contributed by atoms with Gasteiger partial charge in [-0.2, -0.15) is 0 Å². The van der Waals surface area contributed by atoms with Gasteiger partial charge in [-0.25, -0.2) is 4.98 Å². The summed E-state index contributed by atoms with van der Waals surface area (Å²) in [5.74, 6) is 0.745. The molecule has 2 aromatic heterocycles. The molecular weight excluding hydrogens is 288 g/mol. The van der Waals surface area contributed by atoms with Gasteiger partial charge in [0.05, 0.1) is 11.0 Å². The molecule has 5 nitrogen and oxygen atoms in total. The maximum absolute atomic E-state index is 12.6. The third-order valence-corrected chi connectivity index (χ3v) is 4.03. The van der Waals surface area contributed by atoms with Crippen LogP contribution in [0.3, 0.4) is 0 Å². The van der Waals surface area contributed by atoms with E-state index in [1.54, 1.807) is 0 Å². The predicted octanol–water partition coefficient (Wildman–Crippen LogP) is 3.62.